The van der Waals surface area contributed by atoms with Gasteiger partial charge in [0.15, 0.2) is 0 Å². The van der Waals surface area contributed by atoms with E-state index >= 15 is 0 Å². The molecule has 170 valence electrons. The SMILES string of the molecule is C[Si](C)(c1ccccc1)C1(COC(=O)Nc2ccc(Cl)cc2)c2ccccc2-c2ccccc21. The molecule has 1 aliphatic rings. The Kier molecular flexibility index (Phi) is 5.80. The molecule has 0 radical (unpaired) electrons. The van der Waals surface area contributed by atoms with Gasteiger partial charge in [-0.15, -0.1) is 0 Å². The minimum atomic E-state index is -2.29. The summed E-state index contributed by atoms with van der Waals surface area (Å²) in [7, 11) is -2.29. The molecule has 4 aromatic rings. The van der Waals surface area contributed by atoms with Crippen LogP contribution in [0.3, 0.4) is 0 Å². The number of halogens is 1. The molecule has 0 unspecified atom stereocenters. The van der Waals surface area contributed by atoms with E-state index in [1.165, 1.54) is 27.4 Å². The molecule has 0 aliphatic heterocycles. The van der Waals surface area contributed by atoms with E-state index < -0.39 is 19.2 Å². The van der Waals surface area contributed by atoms with Crippen molar-refractivity contribution < 1.29 is 9.53 Å². The van der Waals surface area contributed by atoms with Crippen LogP contribution in [0.15, 0.2) is 103 Å². The standard InChI is InChI=1S/C29H26ClNO2Si/c1-34(2,23-10-4-3-5-11-23)29(20-33-28(32)31-22-18-16-21(30)17-19-22)26-14-8-6-12-24(26)25-13-7-9-15-27(25)29/h3-19H,20H2,1-2H3,(H,31,32). The van der Waals surface area contributed by atoms with Crippen molar-refractivity contribution in [3.63, 3.8) is 0 Å². The number of carbonyl (C=O) groups is 1. The molecule has 5 rings (SSSR count). The van der Waals surface area contributed by atoms with Crippen molar-refractivity contribution in [2.24, 2.45) is 0 Å². The Labute approximate surface area is 206 Å². The highest BCUT2D eigenvalue weighted by atomic mass is 35.5. The number of anilines is 1. The smallest absolute Gasteiger partial charge is 0.411 e. The van der Waals surface area contributed by atoms with Crippen molar-refractivity contribution in [3.8, 4) is 11.1 Å². The molecule has 0 saturated heterocycles. The number of fused-ring (bicyclic) bond motifs is 3. The maximum Gasteiger partial charge on any atom is 0.411 e. The van der Waals surface area contributed by atoms with Gasteiger partial charge in [-0.3, -0.25) is 5.32 Å². The highest BCUT2D eigenvalue weighted by Gasteiger charge is 2.56. The van der Waals surface area contributed by atoms with Crippen LogP contribution < -0.4 is 10.5 Å². The van der Waals surface area contributed by atoms with Crippen molar-refractivity contribution in [2.45, 2.75) is 18.1 Å². The zero-order chi connectivity index (χ0) is 23.8. The number of amides is 1. The van der Waals surface area contributed by atoms with E-state index in [0.29, 0.717) is 10.7 Å². The molecule has 1 aliphatic carbocycles. The van der Waals surface area contributed by atoms with Crippen molar-refractivity contribution >= 4 is 36.6 Å². The van der Waals surface area contributed by atoms with Gasteiger partial charge in [-0.05, 0) is 46.5 Å². The highest BCUT2D eigenvalue weighted by Crippen LogP contribution is 2.53. The molecular formula is C29H26ClNO2Si. The Morgan fingerprint density at radius 2 is 1.32 bits per heavy atom. The van der Waals surface area contributed by atoms with Crippen LogP contribution in [0, 0.1) is 0 Å². The quantitative estimate of drug-likeness (QED) is 0.310. The molecule has 3 nitrogen and oxygen atoms in total. The maximum atomic E-state index is 12.9. The lowest BCUT2D eigenvalue weighted by Crippen LogP contribution is -2.62. The Hall–Kier alpha value is -3.34. The van der Waals surface area contributed by atoms with Gasteiger partial charge in [0, 0.05) is 10.7 Å². The van der Waals surface area contributed by atoms with Crippen molar-refractivity contribution in [2.75, 3.05) is 11.9 Å². The van der Waals surface area contributed by atoms with Crippen LogP contribution in [0.4, 0.5) is 10.5 Å². The predicted octanol–water partition coefficient (Wildman–Crippen LogP) is 7.01. The van der Waals surface area contributed by atoms with Crippen LogP contribution in [0.2, 0.25) is 18.1 Å². The molecule has 0 spiro atoms. The first-order valence-electron chi connectivity index (χ1n) is 11.4. The maximum absolute atomic E-state index is 12.9. The number of rotatable bonds is 5. The lowest BCUT2D eigenvalue weighted by molar-refractivity contribution is 0.151. The molecule has 5 heteroatoms. The molecule has 0 aromatic heterocycles. The van der Waals surface area contributed by atoms with Gasteiger partial charge >= 0.3 is 6.09 Å². The van der Waals surface area contributed by atoms with Crippen LogP contribution in [0.5, 0.6) is 0 Å². The van der Waals surface area contributed by atoms with Crippen LogP contribution in [-0.4, -0.2) is 20.8 Å². The third-order valence-corrected chi connectivity index (χ3v) is 12.0. The first kappa shape index (κ1) is 22.4. The Morgan fingerprint density at radius 3 is 1.91 bits per heavy atom. The average Bonchev–Trinajstić information content (AvgIpc) is 3.16. The van der Waals surface area contributed by atoms with Gasteiger partial charge in [0.05, 0.1) is 5.04 Å². The summed E-state index contributed by atoms with van der Waals surface area (Å²) in [6.07, 6.45) is -0.471. The summed E-state index contributed by atoms with van der Waals surface area (Å²) in [5.74, 6) is 0. The van der Waals surface area contributed by atoms with Gasteiger partial charge < -0.3 is 4.74 Å². The molecule has 0 heterocycles. The van der Waals surface area contributed by atoms with Crippen LogP contribution in [-0.2, 0) is 9.78 Å². The van der Waals surface area contributed by atoms with E-state index in [-0.39, 0.29) is 6.61 Å². The summed E-state index contributed by atoms with van der Waals surface area (Å²) >= 11 is 5.98. The summed E-state index contributed by atoms with van der Waals surface area (Å²) < 4.78 is 6.04. The van der Waals surface area contributed by atoms with E-state index in [1.807, 2.05) is 6.07 Å². The summed E-state index contributed by atoms with van der Waals surface area (Å²) in [6, 6.07) is 34.8. The lowest BCUT2D eigenvalue weighted by Gasteiger charge is -2.44. The van der Waals surface area contributed by atoms with E-state index in [4.69, 9.17) is 16.3 Å². The highest BCUT2D eigenvalue weighted by molar-refractivity contribution is 6.93. The van der Waals surface area contributed by atoms with Crippen molar-refractivity contribution in [1.82, 2.24) is 0 Å². The van der Waals surface area contributed by atoms with E-state index in [9.17, 15) is 4.79 Å². The second kappa shape index (κ2) is 8.78. The zero-order valence-corrected chi connectivity index (χ0v) is 21.0. The van der Waals surface area contributed by atoms with E-state index in [2.05, 4.69) is 91.2 Å². The van der Waals surface area contributed by atoms with Gasteiger partial charge in [-0.2, -0.15) is 0 Å². The molecule has 1 N–H and O–H groups in total. The van der Waals surface area contributed by atoms with Crippen LogP contribution in [0.25, 0.3) is 11.1 Å². The fourth-order valence-electron chi connectivity index (χ4n) is 5.30. The molecular weight excluding hydrogens is 458 g/mol. The van der Waals surface area contributed by atoms with Crippen molar-refractivity contribution in [3.05, 3.63) is 119 Å². The fraction of sp³-hybridized carbons (Fsp3) is 0.138. The number of ether oxygens (including phenoxy) is 1. The molecule has 1 amide bonds. The third-order valence-electron chi connectivity index (χ3n) is 7.14. The summed E-state index contributed by atoms with van der Waals surface area (Å²) in [4.78, 5) is 12.9. The zero-order valence-electron chi connectivity index (χ0n) is 19.2. The lowest BCUT2D eigenvalue weighted by atomic mass is 9.96. The second-order valence-electron chi connectivity index (χ2n) is 9.20. The number of hydrogen-bond donors (Lipinski definition) is 1. The third kappa shape index (κ3) is 3.63. The molecule has 4 aromatic carbocycles. The van der Waals surface area contributed by atoms with Gasteiger partial charge in [0.1, 0.15) is 14.7 Å². The van der Waals surface area contributed by atoms with E-state index in [1.54, 1.807) is 24.3 Å². The largest absolute Gasteiger partial charge is 0.448 e. The number of carbonyl (C=O) groups excluding carboxylic acids is 1. The van der Waals surface area contributed by atoms with Crippen molar-refractivity contribution in [1.29, 1.82) is 0 Å². The van der Waals surface area contributed by atoms with Gasteiger partial charge in [-0.25, -0.2) is 4.79 Å². The van der Waals surface area contributed by atoms with Crippen LogP contribution in [0.1, 0.15) is 11.1 Å². The first-order chi connectivity index (χ1) is 16.4. The molecule has 0 saturated carbocycles. The number of benzene rings is 4. The number of hydrogen-bond acceptors (Lipinski definition) is 2. The summed E-state index contributed by atoms with van der Waals surface area (Å²) in [5.41, 5.74) is 5.55. The minimum absolute atomic E-state index is 0.258. The molecule has 34 heavy (non-hydrogen) atoms. The van der Waals surface area contributed by atoms with E-state index in [0.717, 1.165) is 0 Å². The van der Waals surface area contributed by atoms with Gasteiger partial charge in [-0.1, -0.05) is 109 Å². The van der Waals surface area contributed by atoms with Gasteiger partial charge in [0.25, 0.3) is 0 Å². The Balaban J connectivity index is 1.59. The van der Waals surface area contributed by atoms with Gasteiger partial charge in [0.2, 0.25) is 0 Å². The Morgan fingerprint density at radius 1 is 0.794 bits per heavy atom. The Bertz CT molecular complexity index is 1290. The average molecular weight is 484 g/mol. The molecule has 0 atom stereocenters. The normalized spacial score (nSPS) is 13.6. The summed E-state index contributed by atoms with van der Waals surface area (Å²) in [6.45, 7) is 5.01. The minimum Gasteiger partial charge on any atom is -0.448 e. The molecule has 0 fully saturated rings. The monoisotopic (exact) mass is 483 g/mol. The fourth-order valence-corrected chi connectivity index (χ4v) is 9.16. The predicted molar refractivity (Wildman–Crippen MR) is 143 cm³/mol. The topological polar surface area (TPSA) is 38.3 Å². The molecule has 0 bridgehead atoms. The summed E-state index contributed by atoms with van der Waals surface area (Å²) in [5, 5.41) is 4.35. The second-order valence-corrected chi connectivity index (χ2v) is 14.3. The van der Waals surface area contributed by atoms with Crippen LogP contribution >= 0.6 is 11.6 Å². The number of nitrogens with one attached hydrogen (secondary N) is 1. The first-order valence-corrected chi connectivity index (χ1v) is 14.8.